The van der Waals surface area contributed by atoms with Crippen molar-refractivity contribution in [1.82, 2.24) is 9.88 Å². The zero-order valence-electron chi connectivity index (χ0n) is 12.4. The fraction of sp³-hybridized carbons (Fsp3) is 0.294. The van der Waals surface area contributed by atoms with Crippen LogP contribution in [0.4, 0.5) is 5.69 Å². The molecule has 0 unspecified atom stereocenters. The van der Waals surface area contributed by atoms with Gasteiger partial charge in [0.1, 0.15) is 0 Å². The summed E-state index contributed by atoms with van der Waals surface area (Å²) in [6.07, 6.45) is 3.65. The molecule has 3 rings (SSSR count). The fourth-order valence-electron chi connectivity index (χ4n) is 2.73. The first-order valence-electron chi connectivity index (χ1n) is 7.42. The Labute approximate surface area is 129 Å². The van der Waals surface area contributed by atoms with Gasteiger partial charge in [-0.05, 0) is 29.8 Å². The smallest absolute Gasteiger partial charge is 0.335 e. The van der Waals surface area contributed by atoms with Crippen molar-refractivity contribution in [1.29, 1.82) is 0 Å². The number of carbonyl (C=O) groups is 1. The van der Waals surface area contributed by atoms with E-state index in [1.54, 1.807) is 12.1 Å². The lowest BCUT2D eigenvalue weighted by Gasteiger charge is -2.36. The van der Waals surface area contributed by atoms with E-state index in [9.17, 15) is 4.79 Å². The van der Waals surface area contributed by atoms with Crippen LogP contribution in [-0.4, -0.2) is 47.1 Å². The maximum absolute atomic E-state index is 10.9. The molecule has 22 heavy (non-hydrogen) atoms. The van der Waals surface area contributed by atoms with E-state index in [-0.39, 0.29) is 0 Å². The van der Waals surface area contributed by atoms with Crippen molar-refractivity contribution >= 4 is 11.7 Å². The van der Waals surface area contributed by atoms with Crippen molar-refractivity contribution in [2.24, 2.45) is 0 Å². The zero-order valence-corrected chi connectivity index (χ0v) is 12.4. The van der Waals surface area contributed by atoms with Crippen molar-refractivity contribution in [2.45, 2.75) is 6.54 Å². The third-order valence-electron chi connectivity index (χ3n) is 4.01. The zero-order chi connectivity index (χ0) is 15.4. The highest BCUT2D eigenvalue weighted by atomic mass is 16.4. The molecular formula is C17H19N3O2. The van der Waals surface area contributed by atoms with E-state index in [0.29, 0.717) is 5.56 Å². The maximum atomic E-state index is 10.9. The second-order valence-electron chi connectivity index (χ2n) is 5.47. The molecule has 114 valence electrons. The first-order chi connectivity index (χ1) is 10.7. The van der Waals surface area contributed by atoms with Crippen LogP contribution < -0.4 is 4.90 Å². The molecule has 1 aliphatic rings. The number of hydrogen-bond donors (Lipinski definition) is 1. The van der Waals surface area contributed by atoms with Crippen molar-refractivity contribution in [3.63, 3.8) is 0 Å². The molecule has 0 saturated carbocycles. The molecule has 1 aromatic carbocycles. The number of hydrogen-bond acceptors (Lipinski definition) is 4. The lowest BCUT2D eigenvalue weighted by Crippen LogP contribution is -2.45. The van der Waals surface area contributed by atoms with Gasteiger partial charge in [0, 0.05) is 50.8 Å². The Bertz CT molecular complexity index is 620. The third kappa shape index (κ3) is 3.43. The molecule has 1 N–H and O–H groups in total. The first-order valence-corrected chi connectivity index (χ1v) is 7.42. The monoisotopic (exact) mass is 297 g/mol. The summed E-state index contributed by atoms with van der Waals surface area (Å²) in [5, 5.41) is 8.91. The molecule has 0 amide bonds. The van der Waals surface area contributed by atoms with Crippen molar-refractivity contribution < 1.29 is 9.90 Å². The van der Waals surface area contributed by atoms with Gasteiger partial charge in [0.2, 0.25) is 0 Å². The lowest BCUT2D eigenvalue weighted by atomic mass is 10.1. The summed E-state index contributed by atoms with van der Waals surface area (Å²) >= 11 is 0. The molecule has 0 bridgehead atoms. The Morgan fingerprint density at radius 1 is 1.00 bits per heavy atom. The van der Waals surface area contributed by atoms with Crippen LogP contribution in [0.2, 0.25) is 0 Å². The van der Waals surface area contributed by atoms with Gasteiger partial charge in [0.05, 0.1) is 5.56 Å². The van der Waals surface area contributed by atoms with Gasteiger partial charge in [-0.25, -0.2) is 4.79 Å². The summed E-state index contributed by atoms with van der Waals surface area (Å²) < 4.78 is 0. The Kier molecular flexibility index (Phi) is 4.34. The van der Waals surface area contributed by atoms with E-state index in [4.69, 9.17) is 5.11 Å². The van der Waals surface area contributed by atoms with E-state index in [0.717, 1.165) is 38.3 Å². The van der Waals surface area contributed by atoms with Crippen LogP contribution >= 0.6 is 0 Å². The molecule has 1 aliphatic heterocycles. The van der Waals surface area contributed by atoms with Crippen LogP contribution in [0.5, 0.6) is 0 Å². The van der Waals surface area contributed by atoms with Gasteiger partial charge in [0.25, 0.3) is 0 Å². The molecule has 5 heteroatoms. The van der Waals surface area contributed by atoms with E-state index < -0.39 is 5.97 Å². The molecular weight excluding hydrogens is 278 g/mol. The topological polar surface area (TPSA) is 56.7 Å². The standard InChI is InChI=1S/C17H19N3O2/c21-17(22)15-3-1-14(2-4-15)13-19-9-11-20(12-10-19)16-5-7-18-8-6-16/h1-8H,9-13H2,(H,21,22). The number of benzene rings is 1. The van der Waals surface area contributed by atoms with Crippen LogP contribution in [0.3, 0.4) is 0 Å². The van der Waals surface area contributed by atoms with Gasteiger partial charge in [-0.1, -0.05) is 12.1 Å². The highest BCUT2D eigenvalue weighted by Gasteiger charge is 2.17. The molecule has 0 spiro atoms. The van der Waals surface area contributed by atoms with Gasteiger partial charge in [-0.2, -0.15) is 0 Å². The van der Waals surface area contributed by atoms with Gasteiger partial charge in [-0.15, -0.1) is 0 Å². The van der Waals surface area contributed by atoms with Crippen molar-refractivity contribution in [3.05, 3.63) is 59.9 Å². The van der Waals surface area contributed by atoms with E-state index in [2.05, 4.69) is 14.8 Å². The van der Waals surface area contributed by atoms with E-state index in [1.165, 1.54) is 5.69 Å². The number of carboxylic acid groups (broad SMARTS) is 1. The van der Waals surface area contributed by atoms with Gasteiger partial charge in [0.15, 0.2) is 0 Å². The average molecular weight is 297 g/mol. The van der Waals surface area contributed by atoms with Crippen molar-refractivity contribution in [3.8, 4) is 0 Å². The van der Waals surface area contributed by atoms with Crippen LogP contribution in [0.15, 0.2) is 48.8 Å². The number of aromatic carboxylic acids is 1. The minimum absolute atomic E-state index is 0.339. The summed E-state index contributed by atoms with van der Waals surface area (Å²) in [7, 11) is 0. The van der Waals surface area contributed by atoms with Crippen LogP contribution in [0.25, 0.3) is 0 Å². The number of piperazine rings is 1. The van der Waals surface area contributed by atoms with Gasteiger partial charge in [-0.3, -0.25) is 9.88 Å². The maximum Gasteiger partial charge on any atom is 0.335 e. The Hall–Kier alpha value is -2.40. The number of carboxylic acids is 1. The molecule has 2 heterocycles. The highest BCUT2D eigenvalue weighted by Crippen LogP contribution is 2.16. The fourth-order valence-corrected chi connectivity index (χ4v) is 2.73. The molecule has 1 aromatic heterocycles. The Morgan fingerprint density at radius 2 is 1.64 bits per heavy atom. The Morgan fingerprint density at radius 3 is 2.23 bits per heavy atom. The summed E-state index contributed by atoms with van der Waals surface area (Å²) in [5.74, 6) is -0.877. The average Bonchev–Trinajstić information content (AvgIpc) is 2.57. The minimum Gasteiger partial charge on any atom is -0.478 e. The number of nitrogens with zero attached hydrogens (tertiary/aromatic N) is 3. The second-order valence-corrected chi connectivity index (χ2v) is 5.47. The minimum atomic E-state index is -0.877. The number of pyridine rings is 1. The van der Waals surface area contributed by atoms with Crippen LogP contribution in [0, 0.1) is 0 Å². The quantitative estimate of drug-likeness (QED) is 0.936. The van der Waals surface area contributed by atoms with Crippen LogP contribution in [-0.2, 0) is 6.54 Å². The van der Waals surface area contributed by atoms with E-state index >= 15 is 0 Å². The third-order valence-corrected chi connectivity index (χ3v) is 4.01. The predicted octanol–water partition coefficient (Wildman–Crippen LogP) is 2.10. The van der Waals surface area contributed by atoms with Gasteiger partial charge < -0.3 is 10.0 Å². The molecule has 5 nitrogen and oxygen atoms in total. The molecule has 1 fully saturated rings. The van der Waals surface area contributed by atoms with E-state index in [1.807, 2.05) is 36.7 Å². The van der Waals surface area contributed by atoms with Gasteiger partial charge >= 0.3 is 5.97 Å². The Balaban J connectivity index is 1.54. The lowest BCUT2D eigenvalue weighted by molar-refractivity contribution is 0.0697. The SMILES string of the molecule is O=C(O)c1ccc(CN2CCN(c3ccncc3)CC2)cc1. The molecule has 0 aliphatic carbocycles. The molecule has 0 radical (unpaired) electrons. The highest BCUT2D eigenvalue weighted by molar-refractivity contribution is 5.87. The summed E-state index contributed by atoms with van der Waals surface area (Å²) in [6.45, 7) is 4.87. The van der Waals surface area contributed by atoms with Crippen LogP contribution in [0.1, 0.15) is 15.9 Å². The summed E-state index contributed by atoms with van der Waals surface area (Å²) in [6, 6.07) is 11.2. The molecule has 2 aromatic rings. The normalized spacial score (nSPS) is 15.7. The second kappa shape index (κ2) is 6.58. The van der Waals surface area contributed by atoms with Crippen molar-refractivity contribution in [2.75, 3.05) is 31.1 Å². The predicted molar refractivity (Wildman–Crippen MR) is 85.1 cm³/mol. The largest absolute Gasteiger partial charge is 0.478 e. The number of rotatable bonds is 4. The summed E-state index contributed by atoms with van der Waals surface area (Å²) in [5.41, 5.74) is 2.72. The molecule has 1 saturated heterocycles. The molecule has 0 atom stereocenters. The number of aromatic nitrogens is 1. The summed E-state index contributed by atoms with van der Waals surface area (Å²) in [4.78, 5) is 19.7. The number of anilines is 1. The first kappa shape index (κ1) is 14.5.